The second kappa shape index (κ2) is 7.33. The molecule has 1 aromatic carbocycles. The Morgan fingerprint density at radius 2 is 2.10 bits per heavy atom. The Balaban J connectivity index is 2.31. The van der Waals surface area contributed by atoms with E-state index in [4.69, 9.17) is 23.2 Å². The van der Waals surface area contributed by atoms with Crippen molar-refractivity contribution in [1.82, 2.24) is 9.55 Å². The molecule has 0 aliphatic heterocycles. The number of hydrogen-bond acceptors (Lipinski definition) is 1. The van der Waals surface area contributed by atoms with Crippen molar-refractivity contribution in [2.45, 2.75) is 52.0 Å². The Hall–Kier alpha value is -0.730. The molecule has 2 aromatic rings. The molecule has 1 aromatic heterocycles. The highest BCUT2D eigenvalue weighted by Crippen LogP contribution is 2.24. The van der Waals surface area contributed by atoms with Gasteiger partial charge in [0.1, 0.15) is 5.82 Å². The van der Waals surface area contributed by atoms with Gasteiger partial charge >= 0.3 is 0 Å². The second-order valence-electron chi connectivity index (χ2n) is 5.32. The SMILES string of the molecule is CCCCC(CC)Cn1c(CCl)nc2cc(Cl)ccc21. The third kappa shape index (κ3) is 3.48. The third-order valence-electron chi connectivity index (χ3n) is 3.89. The number of hydrogen-bond donors (Lipinski definition) is 0. The van der Waals surface area contributed by atoms with E-state index in [-0.39, 0.29) is 0 Å². The van der Waals surface area contributed by atoms with Crippen molar-refractivity contribution in [3.63, 3.8) is 0 Å². The van der Waals surface area contributed by atoms with Gasteiger partial charge in [-0.05, 0) is 30.5 Å². The highest BCUT2D eigenvalue weighted by molar-refractivity contribution is 6.31. The number of rotatable bonds is 7. The van der Waals surface area contributed by atoms with E-state index in [0.717, 1.165) is 28.4 Å². The minimum Gasteiger partial charge on any atom is -0.327 e. The molecule has 110 valence electrons. The van der Waals surface area contributed by atoms with E-state index in [1.807, 2.05) is 18.2 Å². The lowest BCUT2D eigenvalue weighted by Gasteiger charge is -2.17. The summed E-state index contributed by atoms with van der Waals surface area (Å²) in [5, 5.41) is 0.723. The highest BCUT2D eigenvalue weighted by Gasteiger charge is 2.14. The first-order valence-corrected chi connectivity index (χ1v) is 8.31. The van der Waals surface area contributed by atoms with E-state index in [0.29, 0.717) is 11.8 Å². The minimum absolute atomic E-state index is 0.441. The summed E-state index contributed by atoms with van der Waals surface area (Å²) in [6, 6.07) is 5.89. The quantitative estimate of drug-likeness (QED) is 0.604. The van der Waals surface area contributed by atoms with Crippen LogP contribution in [0.15, 0.2) is 18.2 Å². The normalized spacial score (nSPS) is 13.0. The van der Waals surface area contributed by atoms with Crippen molar-refractivity contribution in [3.05, 3.63) is 29.0 Å². The predicted octanol–water partition coefficient (Wildman–Crippen LogP) is 5.64. The molecule has 0 radical (unpaired) electrons. The molecule has 0 amide bonds. The zero-order chi connectivity index (χ0) is 14.5. The molecular formula is C16H22Cl2N2. The van der Waals surface area contributed by atoms with Crippen LogP contribution in [0.4, 0.5) is 0 Å². The largest absolute Gasteiger partial charge is 0.327 e. The molecule has 0 bridgehead atoms. The number of aromatic nitrogens is 2. The van der Waals surface area contributed by atoms with Crippen LogP contribution in [0.2, 0.25) is 5.02 Å². The standard InChI is InChI=1S/C16H22Cl2N2/c1-3-5-6-12(4-2)11-20-15-8-7-13(18)9-14(15)19-16(20)10-17/h7-9,12H,3-6,10-11H2,1-2H3. The van der Waals surface area contributed by atoms with Crippen LogP contribution in [0.1, 0.15) is 45.4 Å². The molecule has 0 fully saturated rings. The fraction of sp³-hybridized carbons (Fsp3) is 0.562. The van der Waals surface area contributed by atoms with Gasteiger partial charge in [0.2, 0.25) is 0 Å². The Morgan fingerprint density at radius 1 is 1.30 bits per heavy atom. The minimum atomic E-state index is 0.441. The summed E-state index contributed by atoms with van der Waals surface area (Å²) in [5.41, 5.74) is 2.08. The number of nitrogens with zero attached hydrogens (tertiary/aromatic N) is 2. The molecule has 1 atom stereocenters. The maximum atomic E-state index is 6.06. The Morgan fingerprint density at radius 3 is 2.75 bits per heavy atom. The Labute approximate surface area is 131 Å². The average Bonchev–Trinajstić information content (AvgIpc) is 2.80. The second-order valence-corrected chi connectivity index (χ2v) is 6.03. The highest BCUT2D eigenvalue weighted by atomic mass is 35.5. The van der Waals surface area contributed by atoms with Crippen molar-refractivity contribution >= 4 is 34.2 Å². The van der Waals surface area contributed by atoms with Crippen LogP contribution < -0.4 is 0 Å². The van der Waals surface area contributed by atoms with E-state index in [9.17, 15) is 0 Å². The van der Waals surface area contributed by atoms with Gasteiger partial charge in [-0.2, -0.15) is 0 Å². The zero-order valence-corrected chi connectivity index (χ0v) is 13.7. The molecule has 0 saturated heterocycles. The van der Waals surface area contributed by atoms with Crippen LogP contribution >= 0.6 is 23.2 Å². The summed E-state index contributed by atoms with van der Waals surface area (Å²) in [7, 11) is 0. The molecule has 2 nitrogen and oxygen atoms in total. The molecule has 0 aliphatic rings. The van der Waals surface area contributed by atoms with Gasteiger partial charge in [-0.3, -0.25) is 0 Å². The van der Waals surface area contributed by atoms with Gasteiger partial charge in [0.15, 0.2) is 0 Å². The Bertz CT molecular complexity index is 563. The van der Waals surface area contributed by atoms with Gasteiger partial charge in [-0.25, -0.2) is 4.98 Å². The lowest BCUT2D eigenvalue weighted by atomic mass is 9.99. The molecule has 0 aliphatic carbocycles. The number of fused-ring (bicyclic) bond motifs is 1. The monoisotopic (exact) mass is 312 g/mol. The number of halogens is 2. The predicted molar refractivity (Wildman–Crippen MR) is 87.6 cm³/mol. The fourth-order valence-corrected chi connectivity index (χ4v) is 3.00. The maximum Gasteiger partial charge on any atom is 0.124 e. The van der Waals surface area contributed by atoms with E-state index in [1.165, 1.54) is 25.7 Å². The number of imidazole rings is 1. The average molecular weight is 313 g/mol. The summed E-state index contributed by atoms with van der Waals surface area (Å²) in [6.45, 7) is 5.50. The van der Waals surface area contributed by atoms with Gasteiger partial charge in [0.05, 0.1) is 16.9 Å². The number of alkyl halides is 1. The molecule has 0 saturated carbocycles. The van der Waals surface area contributed by atoms with Gasteiger partial charge in [-0.15, -0.1) is 11.6 Å². The van der Waals surface area contributed by atoms with Gasteiger partial charge < -0.3 is 4.57 Å². The first-order chi connectivity index (χ1) is 9.69. The van der Waals surface area contributed by atoms with Gasteiger partial charge in [0.25, 0.3) is 0 Å². The van der Waals surface area contributed by atoms with Crippen LogP contribution in [0.25, 0.3) is 11.0 Å². The molecule has 2 rings (SSSR count). The molecule has 0 spiro atoms. The molecule has 20 heavy (non-hydrogen) atoms. The number of unbranched alkanes of at least 4 members (excludes halogenated alkanes) is 1. The van der Waals surface area contributed by atoms with Crippen LogP contribution in [-0.4, -0.2) is 9.55 Å². The first-order valence-electron chi connectivity index (χ1n) is 7.40. The van der Waals surface area contributed by atoms with E-state index >= 15 is 0 Å². The van der Waals surface area contributed by atoms with Crippen LogP contribution in [0, 0.1) is 5.92 Å². The van der Waals surface area contributed by atoms with E-state index in [1.54, 1.807) is 0 Å². The van der Waals surface area contributed by atoms with Gasteiger partial charge in [-0.1, -0.05) is 44.7 Å². The first kappa shape index (κ1) is 15.7. The molecular weight excluding hydrogens is 291 g/mol. The molecule has 1 unspecified atom stereocenters. The van der Waals surface area contributed by atoms with Gasteiger partial charge in [0, 0.05) is 11.6 Å². The third-order valence-corrected chi connectivity index (χ3v) is 4.37. The van der Waals surface area contributed by atoms with Crippen molar-refractivity contribution in [3.8, 4) is 0 Å². The van der Waals surface area contributed by atoms with E-state index < -0.39 is 0 Å². The van der Waals surface area contributed by atoms with Crippen LogP contribution in [-0.2, 0) is 12.4 Å². The topological polar surface area (TPSA) is 17.8 Å². The summed E-state index contributed by atoms with van der Waals surface area (Å²) < 4.78 is 2.27. The Kier molecular flexibility index (Phi) is 5.74. The van der Waals surface area contributed by atoms with Crippen LogP contribution in [0.3, 0.4) is 0 Å². The maximum absolute atomic E-state index is 6.06. The van der Waals surface area contributed by atoms with Crippen LogP contribution in [0.5, 0.6) is 0 Å². The lowest BCUT2D eigenvalue weighted by Crippen LogP contribution is -2.12. The summed E-state index contributed by atoms with van der Waals surface area (Å²) in [5.74, 6) is 2.07. The zero-order valence-electron chi connectivity index (χ0n) is 12.2. The molecule has 4 heteroatoms. The number of benzene rings is 1. The smallest absolute Gasteiger partial charge is 0.124 e. The molecule has 0 N–H and O–H groups in total. The van der Waals surface area contributed by atoms with Crippen molar-refractivity contribution < 1.29 is 0 Å². The van der Waals surface area contributed by atoms with Crippen molar-refractivity contribution in [2.24, 2.45) is 5.92 Å². The fourth-order valence-electron chi connectivity index (χ4n) is 2.63. The molecule has 1 heterocycles. The summed E-state index contributed by atoms with van der Waals surface area (Å²) in [4.78, 5) is 4.61. The lowest BCUT2D eigenvalue weighted by molar-refractivity contribution is 0.391. The van der Waals surface area contributed by atoms with Crippen molar-refractivity contribution in [2.75, 3.05) is 0 Å². The summed E-state index contributed by atoms with van der Waals surface area (Å²) in [6.07, 6.45) is 4.99. The summed E-state index contributed by atoms with van der Waals surface area (Å²) >= 11 is 12.1. The van der Waals surface area contributed by atoms with Crippen molar-refractivity contribution in [1.29, 1.82) is 0 Å². The van der Waals surface area contributed by atoms with E-state index in [2.05, 4.69) is 23.4 Å².